The third-order valence-corrected chi connectivity index (χ3v) is 3.26. The molecule has 1 aromatic rings. The third-order valence-electron chi connectivity index (χ3n) is 3.06. The van der Waals surface area contributed by atoms with Crippen molar-refractivity contribution in [1.29, 1.82) is 0 Å². The number of furan rings is 1. The van der Waals surface area contributed by atoms with E-state index in [1.165, 1.54) is 0 Å². The van der Waals surface area contributed by atoms with Gasteiger partial charge in [0.1, 0.15) is 0 Å². The van der Waals surface area contributed by atoms with Gasteiger partial charge in [-0.25, -0.2) is 0 Å². The monoisotopic (exact) mass is 227 g/mol. The highest BCUT2D eigenvalue weighted by molar-refractivity contribution is 6.29. The molecule has 1 aliphatic heterocycles. The second kappa shape index (κ2) is 3.89. The van der Waals surface area contributed by atoms with Gasteiger partial charge in [-0.05, 0) is 35.6 Å². The van der Waals surface area contributed by atoms with E-state index in [4.69, 9.17) is 16.0 Å². The summed E-state index contributed by atoms with van der Waals surface area (Å²) in [5.41, 5.74) is 0. The number of amides is 1. The Balaban J connectivity index is 2.10. The van der Waals surface area contributed by atoms with E-state index >= 15 is 0 Å². The van der Waals surface area contributed by atoms with Crippen LogP contribution in [0.5, 0.6) is 0 Å². The summed E-state index contributed by atoms with van der Waals surface area (Å²) in [5.74, 6) is 1.39. The molecular formula is C11H14ClNO2. The zero-order chi connectivity index (χ0) is 11.0. The van der Waals surface area contributed by atoms with Crippen LogP contribution in [0.15, 0.2) is 16.5 Å². The van der Waals surface area contributed by atoms with Crippen molar-refractivity contribution in [3.05, 3.63) is 23.1 Å². The highest BCUT2D eigenvalue weighted by atomic mass is 35.5. The summed E-state index contributed by atoms with van der Waals surface area (Å²) in [7, 11) is 0. The lowest BCUT2D eigenvalue weighted by molar-refractivity contribution is 0.0753. The predicted molar refractivity (Wildman–Crippen MR) is 57.9 cm³/mol. The van der Waals surface area contributed by atoms with Crippen molar-refractivity contribution in [1.82, 2.24) is 4.90 Å². The minimum absolute atomic E-state index is 0.0573. The minimum Gasteiger partial charge on any atom is -0.440 e. The molecule has 82 valence electrons. The van der Waals surface area contributed by atoms with Gasteiger partial charge in [0, 0.05) is 13.1 Å². The minimum atomic E-state index is -0.0573. The first-order valence-electron chi connectivity index (χ1n) is 5.12. The number of halogens is 1. The third kappa shape index (κ3) is 2.02. The first kappa shape index (κ1) is 10.6. The van der Waals surface area contributed by atoms with E-state index in [0.29, 0.717) is 17.6 Å². The van der Waals surface area contributed by atoms with Gasteiger partial charge >= 0.3 is 0 Å². The van der Waals surface area contributed by atoms with Crippen LogP contribution in [0, 0.1) is 11.8 Å². The first-order valence-corrected chi connectivity index (χ1v) is 5.50. The zero-order valence-corrected chi connectivity index (χ0v) is 9.62. The Kier molecular flexibility index (Phi) is 2.74. The Morgan fingerprint density at radius 2 is 2.00 bits per heavy atom. The molecule has 0 radical (unpaired) electrons. The lowest BCUT2D eigenvalue weighted by atomic mass is 10.0. The van der Waals surface area contributed by atoms with Crippen LogP contribution in [0.4, 0.5) is 0 Å². The number of nitrogens with zero attached hydrogens (tertiary/aromatic N) is 1. The molecule has 0 saturated carbocycles. The lowest BCUT2D eigenvalue weighted by Gasteiger charge is -2.13. The van der Waals surface area contributed by atoms with Crippen molar-refractivity contribution in [2.24, 2.45) is 11.8 Å². The Labute approximate surface area is 94.0 Å². The molecule has 2 rings (SSSR count). The van der Waals surface area contributed by atoms with Crippen molar-refractivity contribution < 1.29 is 9.21 Å². The van der Waals surface area contributed by atoms with Crippen LogP contribution in [0.3, 0.4) is 0 Å². The molecular weight excluding hydrogens is 214 g/mol. The summed E-state index contributed by atoms with van der Waals surface area (Å²) in [6, 6.07) is 3.22. The Hall–Kier alpha value is -0.960. The Morgan fingerprint density at radius 3 is 2.47 bits per heavy atom. The van der Waals surface area contributed by atoms with Crippen molar-refractivity contribution in [3.63, 3.8) is 0 Å². The van der Waals surface area contributed by atoms with Gasteiger partial charge in [-0.3, -0.25) is 4.79 Å². The molecule has 0 aliphatic carbocycles. The topological polar surface area (TPSA) is 33.5 Å². The fourth-order valence-corrected chi connectivity index (χ4v) is 2.03. The van der Waals surface area contributed by atoms with Gasteiger partial charge in [-0.2, -0.15) is 0 Å². The quantitative estimate of drug-likeness (QED) is 0.739. The smallest absolute Gasteiger partial charge is 0.289 e. The van der Waals surface area contributed by atoms with Crippen molar-refractivity contribution in [3.8, 4) is 0 Å². The van der Waals surface area contributed by atoms with Crippen LogP contribution >= 0.6 is 11.6 Å². The molecule has 1 aliphatic rings. The number of carbonyl (C=O) groups is 1. The number of rotatable bonds is 1. The second-order valence-electron chi connectivity index (χ2n) is 4.27. The number of carbonyl (C=O) groups excluding carboxylic acids is 1. The van der Waals surface area contributed by atoms with Crippen molar-refractivity contribution >= 4 is 17.5 Å². The standard InChI is InChI=1S/C11H14ClNO2/c1-7-5-13(6-8(7)2)11(14)9-3-4-10(12)15-9/h3-4,7-8H,5-6H2,1-2H3. The SMILES string of the molecule is CC1CN(C(=O)c2ccc(Cl)o2)CC1C. The summed E-state index contributed by atoms with van der Waals surface area (Å²) in [6.07, 6.45) is 0. The molecule has 0 spiro atoms. The normalized spacial score (nSPS) is 25.9. The number of hydrogen-bond acceptors (Lipinski definition) is 2. The van der Waals surface area contributed by atoms with E-state index in [1.807, 2.05) is 4.90 Å². The zero-order valence-electron chi connectivity index (χ0n) is 8.87. The van der Waals surface area contributed by atoms with E-state index < -0.39 is 0 Å². The second-order valence-corrected chi connectivity index (χ2v) is 4.64. The highest BCUT2D eigenvalue weighted by Gasteiger charge is 2.31. The van der Waals surface area contributed by atoms with E-state index in [-0.39, 0.29) is 11.1 Å². The summed E-state index contributed by atoms with van der Waals surface area (Å²) in [5, 5.41) is 0.263. The first-order chi connectivity index (χ1) is 7.08. The largest absolute Gasteiger partial charge is 0.440 e. The molecule has 0 bridgehead atoms. The molecule has 1 fully saturated rings. The lowest BCUT2D eigenvalue weighted by Crippen LogP contribution is -2.28. The maximum absolute atomic E-state index is 11.9. The van der Waals surface area contributed by atoms with Gasteiger partial charge in [0.05, 0.1) is 0 Å². The molecule has 1 amide bonds. The Bertz CT molecular complexity index is 364. The van der Waals surface area contributed by atoms with Gasteiger partial charge in [-0.1, -0.05) is 13.8 Å². The van der Waals surface area contributed by atoms with Crippen LogP contribution in [-0.4, -0.2) is 23.9 Å². The van der Waals surface area contributed by atoms with E-state index in [1.54, 1.807) is 12.1 Å². The molecule has 1 aromatic heterocycles. The molecule has 3 nitrogen and oxygen atoms in total. The van der Waals surface area contributed by atoms with Crippen LogP contribution in [0.2, 0.25) is 5.22 Å². The molecule has 0 aromatic carbocycles. The van der Waals surface area contributed by atoms with E-state index in [9.17, 15) is 4.79 Å². The summed E-state index contributed by atoms with van der Waals surface area (Å²) in [4.78, 5) is 13.7. The fraction of sp³-hybridized carbons (Fsp3) is 0.545. The van der Waals surface area contributed by atoms with Crippen LogP contribution in [0.25, 0.3) is 0 Å². The summed E-state index contributed by atoms with van der Waals surface area (Å²) in [6.45, 7) is 5.93. The van der Waals surface area contributed by atoms with Gasteiger partial charge in [0.25, 0.3) is 5.91 Å². The van der Waals surface area contributed by atoms with Gasteiger partial charge in [0.15, 0.2) is 11.0 Å². The van der Waals surface area contributed by atoms with E-state index in [0.717, 1.165) is 13.1 Å². The fourth-order valence-electron chi connectivity index (χ4n) is 1.88. The molecule has 2 heterocycles. The van der Waals surface area contributed by atoms with Gasteiger partial charge in [-0.15, -0.1) is 0 Å². The maximum atomic E-state index is 11.9. The molecule has 2 unspecified atom stereocenters. The predicted octanol–water partition coefficient (Wildman–Crippen LogP) is 2.66. The van der Waals surface area contributed by atoms with E-state index in [2.05, 4.69) is 13.8 Å². The van der Waals surface area contributed by atoms with Crippen molar-refractivity contribution in [2.45, 2.75) is 13.8 Å². The number of likely N-dealkylation sites (tertiary alicyclic amines) is 1. The average molecular weight is 228 g/mol. The van der Waals surface area contributed by atoms with Gasteiger partial charge < -0.3 is 9.32 Å². The van der Waals surface area contributed by atoms with Crippen LogP contribution < -0.4 is 0 Å². The van der Waals surface area contributed by atoms with Gasteiger partial charge in [0.2, 0.25) is 0 Å². The summed E-state index contributed by atoms with van der Waals surface area (Å²) >= 11 is 5.63. The molecule has 1 saturated heterocycles. The van der Waals surface area contributed by atoms with Crippen LogP contribution in [0.1, 0.15) is 24.4 Å². The maximum Gasteiger partial charge on any atom is 0.289 e. The molecule has 15 heavy (non-hydrogen) atoms. The molecule has 0 N–H and O–H groups in total. The Morgan fingerprint density at radius 1 is 1.40 bits per heavy atom. The molecule has 2 atom stereocenters. The number of hydrogen-bond donors (Lipinski definition) is 0. The highest BCUT2D eigenvalue weighted by Crippen LogP contribution is 2.24. The summed E-state index contributed by atoms with van der Waals surface area (Å²) < 4.78 is 5.10. The van der Waals surface area contributed by atoms with Crippen LogP contribution in [-0.2, 0) is 0 Å². The van der Waals surface area contributed by atoms with Crippen molar-refractivity contribution in [2.75, 3.05) is 13.1 Å². The molecule has 4 heteroatoms. The average Bonchev–Trinajstić information content (AvgIpc) is 2.74.